The third kappa shape index (κ3) is 8.68. The third-order valence-electron chi connectivity index (χ3n) is 2.48. The largest absolute Gasteiger partial charge is 0.396 e. The molecule has 0 rings (SSSR count). The van der Waals surface area contributed by atoms with Crippen molar-refractivity contribution in [1.82, 2.24) is 10.6 Å². The molecule has 0 aliphatic rings. The summed E-state index contributed by atoms with van der Waals surface area (Å²) in [5, 5.41) is 14.1. The molecule has 0 saturated carbocycles. The SMILES string of the molecule is CCCC(=O)NCC(=O)NCC(C)(C)CCO. The molecule has 0 aromatic rings. The average molecular weight is 244 g/mol. The summed E-state index contributed by atoms with van der Waals surface area (Å²) >= 11 is 0. The Kier molecular flexibility index (Phi) is 7.54. The number of nitrogens with one attached hydrogen (secondary N) is 2. The Balaban J connectivity index is 3.76. The van der Waals surface area contributed by atoms with E-state index in [1.807, 2.05) is 20.8 Å². The normalized spacial score (nSPS) is 11.1. The summed E-state index contributed by atoms with van der Waals surface area (Å²) in [7, 11) is 0. The van der Waals surface area contributed by atoms with E-state index in [2.05, 4.69) is 10.6 Å². The van der Waals surface area contributed by atoms with Gasteiger partial charge in [0.25, 0.3) is 0 Å². The maximum atomic E-state index is 11.4. The third-order valence-corrected chi connectivity index (χ3v) is 2.48. The van der Waals surface area contributed by atoms with Crippen molar-refractivity contribution < 1.29 is 14.7 Å². The topological polar surface area (TPSA) is 78.4 Å². The van der Waals surface area contributed by atoms with Gasteiger partial charge in [0.15, 0.2) is 0 Å². The molecule has 5 heteroatoms. The molecule has 2 amide bonds. The summed E-state index contributed by atoms with van der Waals surface area (Å²) < 4.78 is 0. The van der Waals surface area contributed by atoms with Crippen LogP contribution in [0, 0.1) is 5.41 Å². The summed E-state index contributed by atoms with van der Waals surface area (Å²) in [5.41, 5.74) is -0.127. The van der Waals surface area contributed by atoms with Gasteiger partial charge in [-0.25, -0.2) is 0 Å². The second-order valence-electron chi connectivity index (χ2n) is 4.94. The Bertz CT molecular complexity index is 252. The first-order chi connectivity index (χ1) is 7.91. The van der Waals surface area contributed by atoms with Gasteiger partial charge in [0, 0.05) is 19.6 Å². The molecule has 3 N–H and O–H groups in total. The highest BCUT2D eigenvalue weighted by atomic mass is 16.3. The number of aliphatic hydroxyl groups excluding tert-OH is 1. The van der Waals surface area contributed by atoms with Crippen LogP contribution >= 0.6 is 0 Å². The molecule has 0 radical (unpaired) electrons. The highest BCUT2D eigenvalue weighted by Gasteiger charge is 2.18. The van der Waals surface area contributed by atoms with Gasteiger partial charge in [-0.15, -0.1) is 0 Å². The van der Waals surface area contributed by atoms with Gasteiger partial charge in [-0.2, -0.15) is 0 Å². The van der Waals surface area contributed by atoms with Crippen molar-refractivity contribution in [2.75, 3.05) is 19.7 Å². The molecular formula is C12H24N2O3. The summed E-state index contributed by atoms with van der Waals surface area (Å²) in [5.74, 6) is -0.294. The van der Waals surface area contributed by atoms with Crippen molar-refractivity contribution >= 4 is 11.8 Å². The molecule has 0 spiro atoms. The first kappa shape index (κ1) is 15.9. The van der Waals surface area contributed by atoms with Crippen LogP contribution in [0.15, 0.2) is 0 Å². The zero-order valence-corrected chi connectivity index (χ0v) is 11.0. The smallest absolute Gasteiger partial charge is 0.239 e. The van der Waals surface area contributed by atoms with E-state index in [-0.39, 0.29) is 30.4 Å². The van der Waals surface area contributed by atoms with Crippen molar-refractivity contribution in [3.8, 4) is 0 Å². The molecule has 0 heterocycles. The first-order valence-electron chi connectivity index (χ1n) is 6.05. The summed E-state index contributed by atoms with van der Waals surface area (Å²) in [6.07, 6.45) is 1.86. The van der Waals surface area contributed by atoms with Gasteiger partial charge in [0.05, 0.1) is 6.54 Å². The van der Waals surface area contributed by atoms with Crippen LogP contribution in [0.1, 0.15) is 40.0 Å². The molecule has 17 heavy (non-hydrogen) atoms. The number of rotatable bonds is 8. The Morgan fingerprint density at radius 3 is 2.35 bits per heavy atom. The van der Waals surface area contributed by atoms with Gasteiger partial charge in [0.1, 0.15) is 0 Å². The summed E-state index contributed by atoms with van der Waals surface area (Å²) in [4.78, 5) is 22.5. The number of amides is 2. The Morgan fingerprint density at radius 1 is 1.18 bits per heavy atom. The molecular weight excluding hydrogens is 220 g/mol. The molecule has 0 aromatic carbocycles. The molecule has 0 fully saturated rings. The van der Waals surface area contributed by atoms with Crippen LogP contribution in [0.2, 0.25) is 0 Å². The minimum absolute atomic E-state index is 0.0219. The number of aliphatic hydroxyl groups is 1. The van der Waals surface area contributed by atoms with E-state index in [0.717, 1.165) is 6.42 Å². The molecule has 0 saturated heterocycles. The van der Waals surface area contributed by atoms with Crippen LogP contribution in [0.25, 0.3) is 0 Å². The fourth-order valence-corrected chi connectivity index (χ4v) is 1.29. The number of carbonyl (C=O) groups excluding carboxylic acids is 2. The predicted octanol–water partition coefficient (Wildman–Crippen LogP) is 0.428. The van der Waals surface area contributed by atoms with Crippen molar-refractivity contribution in [3.05, 3.63) is 0 Å². The second-order valence-corrected chi connectivity index (χ2v) is 4.94. The van der Waals surface area contributed by atoms with E-state index >= 15 is 0 Å². The van der Waals surface area contributed by atoms with Crippen molar-refractivity contribution in [1.29, 1.82) is 0 Å². The van der Waals surface area contributed by atoms with Crippen LogP contribution < -0.4 is 10.6 Å². The lowest BCUT2D eigenvalue weighted by molar-refractivity contribution is -0.126. The molecule has 0 aromatic heterocycles. The molecule has 0 aliphatic carbocycles. The highest BCUT2D eigenvalue weighted by Crippen LogP contribution is 2.17. The van der Waals surface area contributed by atoms with E-state index in [4.69, 9.17) is 5.11 Å². The van der Waals surface area contributed by atoms with Crippen molar-refractivity contribution in [2.24, 2.45) is 5.41 Å². The molecule has 100 valence electrons. The van der Waals surface area contributed by atoms with Crippen LogP contribution in [-0.4, -0.2) is 36.6 Å². The monoisotopic (exact) mass is 244 g/mol. The van der Waals surface area contributed by atoms with Gasteiger partial charge >= 0.3 is 0 Å². The van der Waals surface area contributed by atoms with Gasteiger partial charge in [-0.1, -0.05) is 20.8 Å². The van der Waals surface area contributed by atoms with Crippen molar-refractivity contribution in [2.45, 2.75) is 40.0 Å². The zero-order chi connectivity index (χ0) is 13.3. The molecule has 0 bridgehead atoms. The minimum atomic E-state index is -0.194. The van der Waals surface area contributed by atoms with E-state index < -0.39 is 0 Å². The van der Waals surface area contributed by atoms with Gasteiger partial charge in [0.2, 0.25) is 11.8 Å². The summed E-state index contributed by atoms with van der Waals surface area (Å²) in [6, 6.07) is 0. The molecule has 0 atom stereocenters. The van der Waals surface area contributed by atoms with Gasteiger partial charge in [-0.05, 0) is 18.3 Å². The van der Waals surface area contributed by atoms with Gasteiger partial charge < -0.3 is 15.7 Å². The lowest BCUT2D eigenvalue weighted by Crippen LogP contribution is -2.41. The lowest BCUT2D eigenvalue weighted by Gasteiger charge is -2.23. The quantitative estimate of drug-likeness (QED) is 0.579. The number of hydrogen-bond acceptors (Lipinski definition) is 3. The lowest BCUT2D eigenvalue weighted by atomic mass is 9.90. The van der Waals surface area contributed by atoms with E-state index in [9.17, 15) is 9.59 Å². The standard InChI is InChI=1S/C12H24N2O3/c1-4-5-10(16)13-8-11(17)14-9-12(2,3)6-7-15/h15H,4-9H2,1-3H3,(H,13,16)(H,14,17). The fraction of sp³-hybridized carbons (Fsp3) is 0.833. The second kappa shape index (κ2) is 8.06. The van der Waals surface area contributed by atoms with E-state index in [0.29, 0.717) is 19.4 Å². The fourth-order valence-electron chi connectivity index (χ4n) is 1.29. The minimum Gasteiger partial charge on any atom is -0.396 e. The van der Waals surface area contributed by atoms with E-state index in [1.54, 1.807) is 0 Å². The highest BCUT2D eigenvalue weighted by molar-refractivity contribution is 5.84. The molecule has 0 aliphatic heterocycles. The van der Waals surface area contributed by atoms with Crippen LogP contribution in [0.3, 0.4) is 0 Å². The van der Waals surface area contributed by atoms with Crippen LogP contribution in [0.4, 0.5) is 0 Å². The first-order valence-corrected chi connectivity index (χ1v) is 6.05. The zero-order valence-electron chi connectivity index (χ0n) is 11.0. The number of carbonyl (C=O) groups is 2. The van der Waals surface area contributed by atoms with Gasteiger partial charge in [-0.3, -0.25) is 9.59 Å². The van der Waals surface area contributed by atoms with Crippen LogP contribution in [0.5, 0.6) is 0 Å². The van der Waals surface area contributed by atoms with Crippen LogP contribution in [-0.2, 0) is 9.59 Å². The number of hydrogen-bond donors (Lipinski definition) is 3. The maximum absolute atomic E-state index is 11.4. The average Bonchev–Trinajstić information content (AvgIpc) is 2.24. The predicted molar refractivity (Wildman–Crippen MR) is 66.4 cm³/mol. The summed E-state index contributed by atoms with van der Waals surface area (Å²) in [6.45, 7) is 6.48. The van der Waals surface area contributed by atoms with Crippen molar-refractivity contribution in [3.63, 3.8) is 0 Å². The maximum Gasteiger partial charge on any atom is 0.239 e. The Hall–Kier alpha value is -1.10. The Labute approximate surface area is 103 Å². The van der Waals surface area contributed by atoms with E-state index in [1.165, 1.54) is 0 Å². The molecule has 5 nitrogen and oxygen atoms in total. The molecule has 0 unspecified atom stereocenters. The Morgan fingerprint density at radius 2 is 1.82 bits per heavy atom.